The molecular weight excluding hydrogens is 573 g/mol. The van der Waals surface area contributed by atoms with Gasteiger partial charge in [-0.2, -0.15) is 4.31 Å². The fourth-order valence-electron chi connectivity index (χ4n) is 4.02. The second-order valence-corrected chi connectivity index (χ2v) is 13.1. The van der Waals surface area contributed by atoms with Gasteiger partial charge in [-0.05, 0) is 79.6 Å². The van der Waals surface area contributed by atoms with Crippen molar-refractivity contribution >= 4 is 60.5 Å². The molecule has 1 aliphatic heterocycles. The molecule has 0 aromatic heterocycles. The summed E-state index contributed by atoms with van der Waals surface area (Å²) in [6, 6.07) is 15.5. The minimum Gasteiger partial charge on any atom is -0.394 e. The molecule has 1 aliphatic rings. The van der Waals surface area contributed by atoms with Crippen LogP contribution in [-0.2, 0) is 20.0 Å². The molecule has 3 aromatic carbocycles. The standard InChI is InChI=1S/C25H25Cl2N3O6S2/c26-23-12-7-20(17-24(23)27)30(15-16-31)38(35,36)22-10-5-19(6-11-22)28-25(32)18-3-8-21(9-4-18)37(33,34)29-13-1-2-14-29/h3-12,17,31H,1-2,13-16H2,(H,28,32). The van der Waals surface area contributed by atoms with Crippen LogP contribution in [0.15, 0.2) is 76.5 Å². The Morgan fingerprint density at radius 3 is 2.05 bits per heavy atom. The number of aliphatic hydroxyl groups excluding tert-OH is 1. The van der Waals surface area contributed by atoms with E-state index in [2.05, 4.69) is 5.32 Å². The Morgan fingerprint density at radius 2 is 1.47 bits per heavy atom. The van der Waals surface area contributed by atoms with Gasteiger partial charge in [-0.3, -0.25) is 9.10 Å². The Morgan fingerprint density at radius 1 is 0.868 bits per heavy atom. The third-order valence-electron chi connectivity index (χ3n) is 6.01. The maximum absolute atomic E-state index is 13.3. The molecule has 13 heteroatoms. The van der Waals surface area contributed by atoms with E-state index in [4.69, 9.17) is 23.2 Å². The molecule has 0 bridgehead atoms. The zero-order chi connectivity index (χ0) is 27.5. The van der Waals surface area contributed by atoms with Crippen LogP contribution in [-0.4, -0.2) is 58.4 Å². The van der Waals surface area contributed by atoms with E-state index in [0.29, 0.717) is 18.8 Å². The second kappa shape index (κ2) is 11.6. The van der Waals surface area contributed by atoms with Gasteiger partial charge in [0.15, 0.2) is 0 Å². The Balaban J connectivity index is 1.48. The summed E-state index contributed by atoms with van der Waals surface area (Å²) in [6.45, 7) is 0.344. The lowest BCUT2D eigenvalue weighted by atomic mass is 10.2. The first-order chi connectivity index (χ1) is 18.0. The van der Waals surface area contributed by atoms with Gasteiger partial charge in [0.25, 0.3) is 15.9 Å². The van der Waals surface area contributed by atoms with Crippen molar-refractivity contribution < 1.29 is 26.7 Å². The zero-order valence-corrected chi connectivity index (χ0v) is 23.2. The molecule has 4 rings (SSSR count). The molecule has 1 amide bonds. The molecule has 9 nitrogen and oxygen atoms in total. The lowest BCUT2D eigenvalue weighted by Crippen LogP contribution is -2.33. The topological polar surface area (TPSA) is 124 Å². The fraction of sp³-hybridized carbons (Fsp3) is 0.240. The van der Waals surface area contributed by atoms with Crippen LogP contribution in [0.1, 0.15) is 23.2 Å². The van der Waals surface area contributed by atoms with Crippen molar-refractivity contribution in [2.45, 2.75) is 22.6 Å². The Kier molecular flexibility index (Phi) is 8.65. The van der Waals surface area contributed by atoms with Crippen LogP contribution < -0.4 is 9.62 Å². The molecule has 0 unspecified atom stereocenters. The van der Waals surface area contributed by atoms with Crippen molar-refractivity contribution in [2.75, 3.05) is 35.9 Å². The zero-order valence-electron chi connectivity index (χ0n) is 20.0. The molecule has 0 radical (unpaired) electrons. The molecule has 1 saturated heterocycles. The Bertz CT molecular complexity index is 1520. The summed E-state index contributed by atoms with van der Waals surface area (Å²) in [4.78, 5) is 12.8. The number of nitrogens with one attached hydrogen (secondary N) is 1. The average Bonchev–Trinajstić information content (AvgIpc) is 3.45. The van der Waals surface area contributed by atoms with Crippen molar-refractivity contribution in [3.05, 3.63) is 82.3 Å². The molecule has 0 atom stereocenters. The summed E-state index contributed by atoms with van der Waals surface area (Å²) in [7, 11) is -7.65. The van der Waals surface area contributed by atoms with Crippen LogP contribution >= 0.6 is 23.2 Å². The Hall–Kier alpha value is -2.67. The van der Waals surface area contributed by atoms with Gasteiger partial charge in [-0.1, -0.05) is 23.2 Å². The summed E-state index contributed by atoms with van der Waals surface area (Å²) < 4.78 is 54.4. The van der Waals surface area contributed by atoms with E-state index < -0.39 is 32.6 Å². The van der Waals surface area contributed by atoms with Crippen molar-refractivity contribution in [3.8, 4) is 0 Å². The van der Waals surface area contributed by atoms with E-state index in [-0.39, 0.29) is 37.6 Å². The number of carbonyl (C=O) groups excluding carboxylic acids is 1. The van der Waals surface area contributed by atoms with Crippen molar-refractivity contribution in [3.63, 3.8) is 0 Å². The summed E-state index contributed by atoms with van der Waals surface area (Å²) >= 11 is 12.0. The number of benzene rings is 3. The number of rotatable bonds is 9. The molecule has 0 aliphatic carbocycles. The minimum atomic E-state index is -4.07. The minimum absolute atomic E-state index is 0.0634. The third-order valence-corrected chi connectivity index (χ3v) is 10.5. The number of nitrogens with zero attached hydrogens (tertiary/aromatic N) is 2. The van der Waals surface area contributed by atoms with Gasteiger partial charge in [0, 0.05) is 24.3 Å². The monoisotopic (exact) mass is 597 g/mol. The molecular formula is C25H25Cl2N3O6S2. The number of aliphatic hydroxyl groups is 1. The number of halogens is 2. The second-order valence-electron chi connectivity index (χ2n) is 8.51. The quantitative estimate of drug-likeness (QED) is 0.380. The lowest BCUT2D eigenvalue weighted by Gasteiger charge is -2.24. The maximum Gasteiger partial charge on any atom is 0.264 e. The maximum atomic E-state index is 13.3. The van der Waals surface area contributed by atoms with Crippen molar-refractivity contribution in [1.29, 1.82) is 0 Å². The van der Waals surface area contributed by atoms with Crippen LogP contribution in [0.25, 0.3) is 0 Å². The SMILES string of the molecule is O=C(Nc1ccc(S(=O)(=O)N(CCO)c2ccc(Cl)c(Cl)c2)cc1)c1ccc(S(=O)(=O)N2CCCC2)cc1. The lowest BCUT2D eigenvalue weighted by molar-refractivity contribution is 0.102. The summed E-state index contributed by atoms with van der Waals surface area (Å²) in [6.07, 6.45) is 1.66. The van der Waals surface area contributed by atoms with Gasteiger partial charge >= 0.3 is 0 Å². The molecule has 3 aromatic rings. The van der Waals surface area contributed by atoms with Crippen LogP contribution in [0.5, 0.6) is 0 Å². The largest absolute Gasteiger partial charge is 0.394 e. The van der Waals surface area contributed by atoms with Crippen molar-refractivity contribution in [1.82, 2.24) is 4.31 Å². The van der Waals surface area contributed by atoms with Crippen LogP contribution in [0.4, 0.5) is 11.4 Å². The van der Waals surface area contributed by atoms with E-state index in [1.165, 1.54) is 71.0 Å². The number of hydrogen-bond acceptors (Lipinski definition) is 6. The number of carbonyl (C=O) groups is 1. The fourth-order valence-corrected chi connectivity index (χ4v) is 7.27. The highest BCUT2D eigenvalue weighted by Gasteiger charge is 2.27. The van der Waals surface area contributed by atoms with Gasteiger partial charge in [0.2, 0.25) is 10.0 Å². The van der Waals surface area contributed by atoms with Gasteiger partial charge in [0.1, 0.15) is 0 Å². The number of hydrogen-bond donors (Lipinski definition) is 2. The molecule has 0 saturated carbocycles. The van der Waals surface area contributed by atoms with E-state index in [1.807, 2.05) is 0 Å². The highest BCUT2D eigenvalue weighted by atomic mass is 35.5. The molecule has 0 spiro atoms. The summed E-state index contributed by atoms with van der Waals surface area (Å²) in [5, 5.41) is 12.6. The highest BCUT2D eigenvalue weighted by molar-refractivity contribution is 7.92. The number of sulfonamides is 2. The van der Waals surface area contributed by atoms with E-state index in [1.54, 1.807) is 0 Å². The summed E-state index contributed by atoms with van der Waals surface area (Å²) in [5.41, 5.74) is 0.822. The first kappa shape index (κ1) is 28.3. The molecule has 38 heavy (non-hydrogen) atoms. The average molecular weight is 599 g/mol. The molecule has 2 N–H and O–H groups in total. The van der Waals surface area contributed by atoms with E-state index in [9.17, 15) is 26.7 Å². The molecule has 1 fully saturated rings. The van der Waals surface area contributed by atoms with Crippen LogP contribution in [0.3, 0.4) is 0 Å². The van der Waals surface area contributed by atoms with Gasteiger partial charge in [0.05, 0.1) is 38.7 Å². The van der Waals surface area contributed by atoms with E-state index >= 15 is 0 Å². The molecule has 202 valence electrons. The van der Waals surface area contributed by atoms with Gasteiger partial charge in [-0.15, -0.1) is 0 Å². The number of anilines is 2. The predicted octanol–water partition coefficient (Wildman–Crippen LogP) is 4.22. The predicted molar refractivity (Wildman–Crippen MR) is 147 cm³/mol. The van der Waals surface area contributed by atoms with Crippen molar-refractivity contribution in [2.24, 2.45) is 0 Å². The Labute approximate surface area is 231 Å². The van der Waals surface area contributed by atoms with Gasteiger partial charge < -0.3 is 10.4 Å². The normalized spacial score (nSPS) is 14.4. The van der Waals surface area contributed by atoms with Crippen LogP contribution in [0.2, 0.25) is 10.0 Å². The smallest absolute Gasteiger partial charge is 0.264 e. The number of amides is 1. The van der Waals surface area contributed by atoms with Crippen LogP contribution in [0, 0.1) is 0 Å². The van der Waals surface area contributed by atoms with E-state index in [0.717, 1.165) is 17.1 Å². The first-order valence-corrected chi connectivity index (χ1v) is 15.3. The first-order valence-electron chi connectivity index (χ1n) is 11.6. The molecule has 1 heterocycles. The van der Waals surface area contributed by atoms with Gasteiger partial charge in [-0.25, -0.2) is 16.8 Å². The third kappa shape index (κ3) is 5.98. The highest BCUT2D eigenvalue weighted by Crippen LogP contribution is 2.31. The summed E-state index contributed by atoms with van der Waals surface area (Å²) in [5.74, 6) is -0.483.